The first-order chi connectivity index (χ1) is 7.69. The van der Waals surface area contributed by atoms with Gasteiger partial charge in [0, 0.05) is 12.1 Å². The Hall–Kier alpha value is -0.513. The van der Waals surface area contributed by atoms with Gasteiger partial charge in [-0.2, -0.15) is 0 Å². The lowest BCUT2D eigenvalue weighted by molar-refractivity contribution is 0.487. The van der Waals surface area contributed by atoms with Crippen molar-refractivity contribution in [2.75, 3.05) is 0 Å². The van der Waals surface area contributed by atoms with Crippen LogP contribution in [-0.2, 0) is 6.54 Å². The van der Waals surface area contributed by atoms with Gasteiger partial charge in [-0.05, 0) is 24.2 Å². The number of benzene rings is 1. The van der Waals surface area contributed by atoms with Crippen molar-refractivity contribution in [2.45, 2.75) is 45.4 Å². The van der Waals surface area contributed by atoms with Crippen LogP contribution in [0.4, 0.5) is 0 Å². The van der Waals surface area contributed by atoms with Gasteiger partial charge in [-0.3, -0.25) is 0 Å². The van der Waals surface area contributed by atoms with Crippen molar-refractivity contribution in [3.8, 4) is 5.75 Å². The van der Waals surface area contributed by atoms with Crippen LogP contribution in [0.2, 0.25) is 23.2 Å². The second kappa shape index (κ2) is 5.00. The molecule has 0 aliphatic heterocycles. The molecule has 0 amide bonds. The molecular weight excluding hydrogens is 250 g/mol. The highest BCUT2D eigenvalue weighted by atomic mass is 35.5. The van der Waals surface area contributed by atoms with Gasteiger partial charge in [-0.25, -0.2) is 0 Å². The second-order valence-corrected chi connectivity index (χ2v) is 10.9. The topological polar surface area (TPSA) is 35.2 Å². The van der Waals surface area contributed by atoms with Crippen LogP contribution in [0.5, 0.6) is 5.75 Å². The van der Waals surface area contributed by atoms with E-state index >= 15 is 0 Å². The summed E-state index contributed by atoms with van der Waals surface area (Å²) >= 11 is 6.21. The minimum atomic E-state index is -1.86. The summed E-state index contributed by atoms with van der Waals surface area (Å²) in [5.74, 6) is 0.767. The molecule has 0 fully saturated rings. The van der Waals surface area contributed by atoms with Crippen LogP contribution in [-0.4, -0.2) is 8.32 Å². The highest BCUT2D eigenvalue weighted by molar-refractivity contribution is 6.74. The molecular formula is C13H22ClNOSi. The quantitative estimate of drug-likeness (QED) is 0.837. The number of rotatable bonds is 3. The maximum absolute atomic E-state index is 6.25. The number of hydrogen-bond acceptors (Lipinski definition) is 2. The van der Waals surface area contributed by atoms with E-state index in [1.165, 1.54) is 0 Å². The molecule has 0 saturated heterocycles. The van der Waals surface area contributed by atoms with E-state index in [1.54, 1.807) is 0 Å². The lowest BCUT2D eigenvalue weighted by Gasteiger charge is -2.37. The van der Waals surface area contributed by atoms with Gasteiger partial charge in [0.05, 0.1) is 5.02 Å². The van der Waals surface area contributed by atoms with Crippen molar-refractivity contribution in [3.05, 3.63) is 28.8 Å². The van der Waals surface area contributed by atoms with Crippen molar-refractivity contribution in [1.82, 2.24) is 0 Å². The summed E-state index contributed by atoms with van der Waals surface area (Å²) in [6.45, 7) is 11.5. The second-order valence-electron chi connectivity index (χ2n) is 5.79. The van der Waals surface area contributed by atoms with Crippen LogP contribution in [0.1, 0.15) is 26.3 Å². The van der Waals surface area contributed by atoms with E-state index in [0.29, 0.717) is 11.6 Å². The zero-order valence-electron chi connectivity index (χ0n) is 11.3. The molecule has 1 aromatic rings. The molecule has 2 N–H and O–H groups in total. The molecule has 4 heteroatoms. The molecule has 1 aromatic carbocycles. The van der Waals surface area contributed by atoms with Gasteiger partial charge in [0.25, 0.3) is 8.32 Å². The predicted octanol–water partition coefficient (Wildman–Crippen LogP) is 4.18. The number of hydrogen-bond donors (Lipinski definition) is 1. The van der Waals surface area contributed by atoms with Crippen molar-refractivity contribution in [3.63, 3.8) is 0 Å². The fourth-order valence-corrected chi connectivity index (χ4v) is 2.59. The molecule has 0 unspecified atom stereocenters. The Bertz CT molecular complexity index is 399. The molecule has 0 aliphatic rings. The summed E-state index contributed by atoms with van der Waals surface area (Å²) in [4.78, 5) is 0. The smallest absolute Gasteiger partial charge is 0.250 e. The van der Waals surface area contributed by atoms with Gasteiger partial charge < -0.3 is 10.2 Å². The standard InChI is InChI=1S/C13H22ClNOSi/c1-13(2,3)17(4,5)16-12-10(9-15)7-6-8-11(12)14/h6-8H,9,15H2,1-5H3. The number of halogens is 1. The minimum Gasteiger partial charge on any atom is -0.542 e. The normalized spacial score (nSPS) is 12.6. The van der Waals surface area contributed by atoms with Gasteiger partial charge in [-0.1, -0.05) is 44.5 Å². The molecule has 0 aromatic heterocycles. The van der Waals surface area contributed by atoms with E-state index in [9.17, 15) is 0 Å². The highest BCUT2D eigenvalue weighted by Crippen LogP contribution is 2.40. The van der Waals surface area contributed by atoms with Gasteiger partial charge in [0.15, 0.2) is 0 Å². The van der Waals surface area contributed by atoms with Crippen LogP contribution in [0.25, 0.3) is 0 Å². The van der Waals surface area contributed by atoms with Crippen LogP contribution in [0.3, 0.4) is 0 Å². The van der Waals surface area contributed by atoms with E-state index < -0.39 is 8.32 Å². The van der Waals surface area contributed by atoms with Gasteiger partial charge >= 0.3 is 0 Å². The Labute approximate surface area is 110 Å². The monoisotopic (exact) mass is 271 g/mol. The van der Waals surface area contributed by atoms with Gasteiger partial charge in [0.2, 0.25) is 0 Å². The fraction of sp³-hybridized carbons (Fsp3) is 0.538. The zero-order valence-corrected chi connectivity index (χ0v) is 13.1. The van der Waals surface area contributed by atoms with Crippen LogP contribution in [0.15, 0.2) is 18.2 Å². The van der Waals surface area contributed by atoms with Crippen molar-refractivity contribution >= 4 is 19.9 Å². The van der Waals surface area contributed by atoms with Crippen LogP contribution >= 0.6 is 11.6 Å². The maximum Gasteiger partial charge on any atom is 0.250 e. The van der Waals surface area contributed by atoms with Crippen LogP contribution in [0, 0.1) is 0 Å². The molecule has 17 heavy (non-hydrogen) atoms. The van der Waals surface area contributed by atoms with Crippen molar-refractivity contribution in [1.29, 1.82) is 0 Å². The Balaban J connectivity index is 3.11. The lowest BCUT2D eigenvalue weighted by atomic mass is 10.2. The van der Waals surface area contributed by atoms with E-state index in [-0.39, 0.29) is 5.04 Å². The van der Waals surface area contributed by atoms with E-state index in [2.05, 4.69) is 33.9 Å². The Morgan fingerprint density at radius 3 is 2.35 bits per heavy atom. The molecule has 96 valence electrons. The third kappa shape index (κ3) is 3.24. The minimum absolute atomic E-state index is 0.151. The van der Waals surface area contributed by atoms with Gasteiger partial charge in [0.1, 0.15) is 5.75 Å². The van der Waals surface area contributed by atoms with Crippen molar-refractivity contribution < 1.29 is 4.43 Å². The summed E-state index contributed by atoms with van der Waals surface area (Å²) in [5, 5.41) is 0.802. The number of para-hydroxylation sites is 1. The molecule has 0 atom stereocenters. The Morgan fingerprint density at radius 2 is 1.88 bits per heavy atom. The zero-order chi connectivity index (χ0) is 13.3. The molecule has 0 radical (unpaired) electrons. The summed E-state index contributed by atoms with van der Waals surface area (Å²) in [6, 6.07) is 5.72. The average molecular weight is 272 g/mol. The molecule has 0 heterocycles. The van der Waals surface area contributed by atoms with E-state index in [4.69, 9.17) is 21.8 Å². The van der Waals surface area contributed by atoms with Crippen LogP contribution < -0.4 is 10.2 Å². The lowest BCUT2D eigenvalue weighted by Crippen LogP contribution is -2.44. The fourth-order valence-electron chi connectivity index (χ4n) is 1.24. The maximum atomic E-state index is 6.25. The summed E-state index contributed by atoms with van der Waals surface area (Å²) in [7, 11) is -1.86. The predicted molar refractivity (Wildman–Crippen MR) is 77.2 cm³/mol. The first-order valence-corrected chi connectivity index (χ1v) is 9.14. The summed E-state index contributed by atoms with van der Waals surface area (Å²) in [5.41, 5.74) is 6.70. The molecule has 1 rings (SSSR count). The largest absolute Gasteiger partial charge is 0.542 e. The summed E-state index contributed by atoms with van der Waals surface area (Å²) < 4.78 is 6.25. The molecule has 2 nitrogen and oxygen atoms in total. The van der Waals surface area contributed by atoms with E-state index in [1.807, 2.05) is 18.2 Å². The molecule has 0 aliphatic carbocycles. The molecule has 0 bridgehead atoms. The number of nitrogens with two attached hydrogens (primary N) is 1. The Kier molecular flexibility index (Phi) is 4.28. The van der Waals surface area contributed by atoms with Crippen molar-refractivity contribution in [2.24, 2.45) is 5.73 Å². The highest BCUT2D eigenvalue weighted by Gasteiger charge is 2.39. The SMILES string of the molecule is CC(C)(C)[Si](C)(C)Oc1c(Cl)cccc1CN. The molecule has 0 saturated carbocycles. The third-order valence-electron chi connectivity index (χ3n) is 3.43. The summed E-state index contributed by atoms with van der Waals surface area (Å²) in [6.07, 6.45) is 0. The molecule has 0 spiro atoms. The average Bonchev–Trinajstić information content (AvgIpc) is 2.19. The third-order valence-corrected chi connectivity index (χ3v) is 8.06. The van der Waals surface area contributed by atoms with Gasteiger partial charge in [-0.15, -0.1) is 0 Å². The first-order valence-electron chi connectivity index (χ1n) is 5.85. The van der Waals surface area contributed by atoms with E-state index in [0.717, 1.165) is 11.3 Å². The Morgan fingerprint density at radius 1 is 1.29 bits per heavy atom. The first kappa shape index (κ1) is 14.5.